The predicted molar refractivity (Wildman–Crippen MR) is 139 cm³/mol. The molecule has 0 unspecified atom stereocenters. The molecule has 0 aliphatic heterocycles. The van der Waals surface area contributed by atoms with Gasteiger partial charge in [0.1, 0.15) is 29.6 Å². The second-order valence-electron chi connectivity index (χ2n) is 8.09. The SMILES string of the molecule is COC(=O)COc1ccc(OCc2nc(-c3ccc(OC)cc3)cc(-c3ccc(OC)cc3)n2)cc1C. The van der Waals surface area contributed by atoms with Crippen molar-refractivity contribution in [2.24, 2.45) is 0 Å². The second kappa shape index (κ2) is 11.9. The van der Waals surface area contributed by atoms with Crippen molar-refractivity contribution in [3.63, 3.8) is 0 Å². The molecule has 0 aliphatic rings. The fourth-order valence-corrected chi connectivity index (χ4v) is 3.60. The first-order valence-corrected chi connectivity index (χ1v) is 11.6. The fourth-order valence-electron chi connectivity index (χ4n) is 3.60. The lowest BCUT2D eigenvalue weighted by molar-refractivity contribution is -0.142. The van der Waals surface area contributed by atoms with Crippen molar-refractivity contribution in [2.75, 3.05) is 27.9 Å². The number of carbonyl (C=O) groups is 1. The summed E-state index contributed by atoms with van der Waals surface area (Å²) in [5.41, 5.74) is 4.23. The smallest absolute Gasteiger partial charge is 0.343 e. The van der Waals surface area contributed by atoms with E-state index < -0.39 is 5.97 Å². The van der Waals surface area contributed by atoms with Crippen LogP contribution in [0.1, 0.15) is 11.4 Å². The summed E-state index contributed by atoms with van der Waals surface area (Å²) in [6, 6.07) is 22.7. The summed E-state index contributed by atoms with van der Waals surface area (Å²) in [5, 5.41) is 0. The number of nitrogens with zero attached hydrogens (tertiary/aromatic N) is 2. The minimum absolute atomic E-state index is 0.155. The van der Waals surface area contributed by atoms with Gasteiger partial charge in [0, 0.05) is 11.1 Å². The first kappa shape index (κ1) is 25.5. The van der Waals surface area contributed by atoms with Crippen LogP contribution in [0.25, 0.3) is 22.5 Å². The Kier molecular flexibility index (Phi) is 8.20. The zero-order valence-electron chi connectivity index (χ0n) is 21.2. The largest absolute Gasteiger partial charge is 0.497 e. The second-order valence-corrected chi connectivity index (χ2v) is 8.09. The van der Waals surface area contributed by atoms with Crippen molar-refractivity contribution in [3.8, 4) is 45.5 Å². The number of benzene rings is 3. The number of esters is 1. The molecular formula is C29H28N2O6. The van der Waals surface area contributed by atoms with Crippen LogP contribution in [0.15, 0.2) is 72.8 Å². The van der Waals surface area contributed by atoms with Gasteiger partial charge in [-0.05, 0) is 85.3 Å². The molecule has 8 nitrogen and oxygen atoms in total. The Morgan fingerprint density at radius 1 is 0.703 bits per heavy atom. The van der Waals surface area contributed by atoms with Crippen LogP contribution in [-0.4, -0.2) is 43.9 Å². The lowest BCUT2D eigenvalue weighted by atomic mass is 10.1. The highest BCUT2D eigenvalue weighted by Crippen LogP contribution is 2.28. The minimum atomic E-state index is -0.443. The highest BCUT2D eigenvalue weighted by atomic mass is 16.6. The lowest BCUT2D eigenvalue weighted by Gasteiger charge is -2.12. The maximum Gasteiger partial charge on any atom is 0.343 e. The molecule has 8 heteroatoms. The van der Waals surface area contributed by atoms with Gasteiger partial charge in [0.2, 0.25) is 0 Å². The van der Waals surface area contributed by atoms with Crippen LogP contribution in [0, 0.1) is 6.92 Å². The molecule has 1 heterocycles. The Labute approximate surface area is 215 Å². The molecule has 3 aromatic carbocycles. The Balaban J connectivity index is 1.58. The number of methoxy groups -OCH3 is 3. The first-order valence-electron chi connectivity index (χ1n) is 11.6. The van der Waals surface area contributed by atoms with E-state index in [9.17, 15) is 4.79 Å². The molecule has 0 saturated heterocycles. The van der Waals surface area contributed by atoms with Crippen molar-refractivity contribution in [1.29, 1.82) is 0 Å². The van der Waals surface area contributed by atoms with E-state index in [1.807, 2.05) is 67.6 Å². The maximum atomic E-state index is 11.3. The van der Waals surface area contributed by atoms with Gasteiger partial charge in [0.05, 0.1) is 32.7 Å². The fraction of sp³-hybridized carbons (Fsp3) is 0.207. The van der Waals surface area contributed by atoms with Crippen molar-refractivity contribution in [3.05, 3.63) is 84.2 Å². The van der Waals surface area contributed by atoms with Crippen LogP contribution < -0.4 is 18.9 Å². The molecule has 37 heavy (non-hydrogen) atoms. The summed E-state index contributed by atoms with van der Waals surface area (Å²) in [5.74, 6) is 2.84. The molecule has 0 aliphatic carbocycles. The van der Waals surface area contributed by atoms with Gasteiger partial charge in [0.25, 0.3) is 0 Å². The quantitative estimate of drug-likeness (QED) is 0.272. The number of hydrogen-bond acceptors (Lipinski definition) is 8. The number of aryl methyl sites for hydroxylation is 1. The number of rotatable bonds is 10. The van der Waals surface area contributed by atoms with E-state index in [0.29, 0.717) is 17.3 Å². The zero-order valence-corrected chi connectivity index (χ0v) is 21.2. The molecule has 0 fully saturated rings. The van der Waals surface area contributed by atoms with Crippen LogP contribution in [0.5, 0.6) is 23.0 Å². The number of carbonyl (C=O) groups excluding carboxylic acids is 1. The summed E-state index contributed by atoms with van der Waals surface area (Å²) < 4.78 is 26.7. The third-order valence-corrected chi connectivity index (χ3v) is 5.63. The van der Waals surface area contributed by atoms with Gasteiger partial charge in [-0.1, -0.05) is 0 Å². The Morgan fingerprint density at radius 2 is 1.24 bits per heavy atom. The highest BCUT2D eigenvalue weighted by molar-refractivity contribution is 5.71. The standard InChI is InChI=1S/C29H28N2O6/c1-19-15-24(13-14-27(19)37-18-29(32)35-4)36-17-28-30-25(20-5-9-22(33-2)10-6-20)16-26(31-28)21-7-11-23(34-3)12-8-21/h5-16H,17-18H2,1-4H3. The van der Waals surface area contributed by atoms with Gasteiger partial charge in [-0.2, -0.15) is 0 Å². The average Bonchev–Trinajstić information content (AvgIpc) is 2.95. The molecule has 0 spiro atoms. The highest BCUT2D eigenvalue weighted by Gasteiger charge is 2.11. The maximum absolute atomic E-state index is 11.3. The molecule has 4 rings (SSSR count). The van der Waals surface area contributed by atoms with Crippen molar-refractivity contribution < 1.29 is 28.5 Å². The average molecular weight is 501 g/mol. The van der Waals surface area contributed by atoms with Gasteiger partial charge >= 0.3 is 5.97 Å². The Bertz CT molecular complexity index is 1290. The van der Waals surface area contributed by atoms with Gasteiger partial charge in [-0.3, -0.25) is 0 Å². The van der Waals surface area contributed by atoms with E-state index in [1.165, 1.54) is 7.11 Å². The molecule has 190 valence electrons. The van der Waals surface area contributed by atoms with Crippen LogP contribution in [0.2, 0.25) is 0 Å². The van der Waals surface area contributed by atoms with Crippen LogP contribution in [-0.2, 0) is 16.1 Å². The molecule has 0 bridgehead atoms. The summed E-state index contributed by atoms with van der Waals surface area (Å²) in [6.07, 6.45) is 0. The van der Waals surface area contributed by atoms with Crippen molar-refractivity contribution in [2.45, 2.75) is 13.5 Å². The molecule has 0 atom stereocenters. The van der Waals surface area contributed by atoms with E-state index >= 15 is 0 Å². The van der Waals surface area contributed by atoms with E-state index in [4.69, 9.17) is 28.9 Å². The molecule has 0 saturated carbocycles. The van der Waals surface area contributed by atoms with E-state index in [-0.39, 0.29) is 13.2 Å². The normalized spacial score (nSPS) is 10.5. The topological polar surface area (TPSA) is 89.0 Å². The molecule has 0 amide bonds. The molecule has 1 aromatic heterocycles. The summed E-state index contributed by atoms with van der Waals surface area (Å²) in [4.78, 5) is 20.9. The molecule has 4 aromatic rings. The summed E-state index contributed by atoms with van der Waals surface area (Å²) >= 11 is 0. The zero-order chi connectivity index (χ0) is 26.2. The molecule has 0 radical (unpaired) electrons. The van der Waals surface area contributed by atoms with Gasteiger partial charge in [-0.15, -0.1) is 0 Å². The van der Waals surface area contributed by atoms with Crippen LogP contribution in [0.4, 0.5) is 0 Å². The third-order valence-electron chi connectivity index (χ3n) is 5.63. The van der Waals surface area contributed by atoms with Gasteiger partial charge in [0.15, 0.2) is 12.4 Å². The van der Waals surface area contributed by atoms with E-state index in [0.717, 1.165) is 39.6 Å². The Hall–Kier alpha value is -4.59. The summed E-state index contributed by atoms with van der Waals surface area (Å²) in [6.45, 7) is 1.88. The lowest BCUT2D eigenvalue weighted by Crippen LogP contribution is -2.13. The van der Waals surface area contributed by atoms with E-state index in [1.54, 1.807) is 26.4 Å². The number of hydrogen-bond donors (Lipinski definition) is 0. The Morgan fingerprint density at radius 3 is 1.73 bits per heavy atom. The number of aromatic nitrogens is 2. The summed E-state index contributed by atoms with van der Waals surface area (Å²) in [7, 11) is 4.59. The first-order chi connectivity index (χ1) is 18.0. The minimum Gasteiger partial charge on any atom is -0.497 e. The predicted octanol–water partition coefficient (Wildman–Crippen LogP) is 5.27. The molecule has 0 N–H and O–H groups in total. The molecular weight excluding hydrogens is 472 g/mol. The van der Waals surface area contributed by atoms with Gasteiger partial charge < -0.3 is 23.7 Å². The van der Waals surface area contributed by atoms with Gasteiger partial charge in [-0.25, -0.2) is 14.8 Å². The third kappa shape index (κ3) is 6.55. The van der Waals surface area contributed by atoms with E-state index in [2.05, 4.69) is 4.74 Å². The van der Waals surface area contributed by atoms with Crippen molar-refractivity contribution >= 4 is 5.97 Å². The van der Waals surface area contributed by atoms with Crippen LogP contribution >= 0.6 is 0 Å². The number of ether oxygens (including phenoxy) is 5. The van der Waals surface area contributed by atoms with Crippen molar-refractivity contribution in [1.82, 2.24) is 9.97 Å². The monoisotopic (exact) mass is 500 g/mol. The van der Waals surface area contributed by atoms with Crippen LogP contribution in [0.3, 0.4) is 0 Å².